The summed E-state index contributed by atoms with van der Waals surface area (Å²) in [5.74, 6) is -1.14. The van der Waals surface area contributed by atoms with Gasteiger partial charge in [0.25, 0.3) is 17.5 Å². The summed E-state index contributed by atoms with van der Waals surface area (Å²) in [7, 11) is 0. The van der Waals surface area contributed by atoms with Crippen LogP contribution in [0.15, 0.2) is 75.4 Å². The molecule has 0 spiro atoms. The molecule has 3 aromatic carbocycles. The minimum atomic E-state index is -0.586. The molecule has 12 heteroatoms. The summed E-state index contributed by atoms with van der Waals surface area (Å²) in [6.07, 6.45) is 1.49. The highest BCUT2D eigenvalue weighted by atomic mass is 35.5. The first-order valence-electron chi connectivity index (χ1n) is 10.2. The third-order valence-electron chi connectivity index (χ3n) is 4.90. The van der Waals surface area contributed by atoms with Gasteiger partial charge in [0.15, 0.2) is 4.32 Å². The third kappa shape index (κ3) is 5.91. The molecule has 1 aliphatic rings. The molecular weight excluding hydrogens is 561 g/mol. The SMILES string of the molecule is Cc1ccc(C(=O)NN2C(=O)C(=Cc3ccc(Sc4ccc(Cl)cc4)c([N+](=O)[O-])c3)SC2=S)c(Cl)c1. The molecule has 0 aliphatic carbocycles. The molecule has 1 fully saturated rings. The fourth-order valence-electron chi connectivity index (χ4n) is 3.16. The minimum absolute atomic E-state index is 0.110. The zero-order chi connectivity index (χ0) is 26.0. The van der Waals surface area contributed by atoms with Crippen LogP contribution in [0, 0.1) is 17.0 Å². The Bertz CT molecular complexity index is 1450. The number of aryl methyl sites for hydroxylation is 1. The molecule has 2 amide bonds. The van der Waals surface area contributed by atoms with E-state index in [9.17, 15) is 19.7 Å². The van der Waals surface area contributed by atoms with Crippen molar-refractivity contribution in [3.63, 3.8) is 0 Å². The van der Waals surface area contributed by atoms with E-state index >= 15 is 0 Å². The fourth-order valence-corrected chi connectivity index (χ4v) is 5.69. The lowest BCUT2D eigenvalue weighted by atomic mass is 10.1. The molecule has 3 aromatic rings. The molecule has 0 atom stereocenters. The number of amides is 2. The van der Waals surface area contributed by atoms with Gasteiger partial charge >= 0.3 is 0 Å². The van der Waals surface area contributed by atoms with E-state index in [2.05, 4.69) is 5.43 Å². The van der Waals surface area contributed by atoms with Crippen LogP contribution >= 0.6 is 58.9 Å². The van der Waals surface area contributed by atoms with Crippen LogP contribution in [0.1, 0.15) is 21.5 Å². The molecule has 0 bridgehead atoms. The molecule has 1 saturated heterocycles. The van der Waals surface area contributed by atoms with E-state index in [0.29, 0.717) is 15.5 Å². The third-order valence-corrected chi connectivity index (χ3v) is 7.84. The van der Waals surface area contributed by atoms with Crippen molar-refractivity contribution in [2.45, 2.75) is 16.7 Å². The van der Waals surface area contributed by atoms with E-state index in [0.717, 1.165) is 27.2 Å². The predicted molar refractivity (Wildman–Crippen MR) is 147 cm³/mol. The van der Waals surface area contributed by atoms with Crippen LogP contribution in [0.5, 0.6) is 0 Å². The fraction of sp³-hybridized carbons (Fsp3) is 0.0417. The predicted octanol–water partition coefficient (Wildman–Crippen LogP) is 6.91. The van der Waals surface area contributed by atoms with Gasteiger partial charge < -0.3 is 0 Å². The molecule has 182 valence electrons. The van der Waals surface area contributed by atoms with Gasteiger partial charge in [-0.1, -0.05) is 58.9 Å². The summed E-state index contributed by atoms with van der Waals surface area (Å²) in [5, 5.41) is 13.5. The molecule has 0 saturated carbocycles. The van der Waals surface area contributed by atoms with Gasteiger partial charge in [0.2, 0.25) is 0 Å². The van der Waals surface area contributed by atoms with Crippen molar-refractivity contribution in [1.29, 1.82) is 0 Å². The Hall–Kier alpha value is -2.89. The van der Waals surface area contributed by atoms with Crippen molar-refractivity contribution < 1.29 is 14.5 Å². The van der Waals surface area contributed by atoms with Crippen LogP contribution < -0.4 is 5.43 Å². The lowest BCUT2D eigenvalue weighted by Crippen LogP contribution is -2.44. The summed E-state index contributed by atoms with van der Waals surface area (Å²) in [4.78, 5) is 38.3. The number of benzene rings is 3. The molecule has 36 heavy (non-hydrogen) atoms. The second kappa shape index (κ2) is 11.0. The van der Waals surface area contributed by atoms with Crippen LogP contribution in [0.4, 0.5) is 5.69 Å². The smallest absolute Gasteiger partial charge is 0.267 e. The van der Waals surface area contributed by atoms with Gasteiger partial charge in [-0.3, -0.25) is 25.1 Å². The van der Waals surface area contributed by atoms with Gasteiger partial charge in [-0.2, -0.15) is 5.01 Å². The lowest BCUT2D eigenvalue weighted by Gasteiger charge is -2.16. The Balaban J connectivity index is 1.55. The Morgan fingerprint density at radius 2 is 1.86 bits per heavy atom. The van der Waals surface area contributed by atoms with Crippen LogP contribution in [0.2, 0.25) is 10.0 Å². The number of nitro groups is 1. The van der Waals surface area contributed by atoms with E-state index < -0.39 is 16.7 Å². The molecule has 0 aromatic heterocycles. The van der Waals surface area contributed by atoms with Crippen molar-refractivity contribution in [1.82, 2.24) is 10.4 Å². The summed E-state index contributed by atoms with van der Waals surface area (Å²) in [6, 6.07) is 16.6. The minimum Gasteiger partial charge on any atom is -0.267 e. The number of carbonyl (C=O) groups excluding carboxylic acids is 2. The van der Waals surface area contributed by atoms with Gasteiger partial charge in [0.05, 0.1) is 25.3 Å². The number of nitro benzene ring substituents is 1. The van der Waals surface area contributed by atoms with Gasteiger partial charge in [0, 0.05) is 16.0 Å². The Morgan fingerprint density at radius 1 is 1.14 bits per heavy atom. The van der Waals surface area contributed by atoms with Crippen LogP contribution in [0.3, 0.4) is 0 Å². The summed E-state index contributed by atoms with van der Waals surface area (Å²) in [6.45, 7) is 1.84. The number of hydrazine groups is 1. The highest BCUT2D eigenvalue weighted by molar-refractivity contribution is 8.26. The first kappa shape index (κ1) is 26.2. The van der Waals surface area contributed by atoms with Crippen LogP contribution in [0.25, 0.3) is 6.08 Å². The van der Waals surface area contributed by atoms with Crippen LogP contribution in [-0.4, -0.2) is 26.1 Å². The molecular formula is C24H15Cl2N3O4S3. The zero-order valence-electron chi connectivity index (χ0n) is 18.4. The van der Waals surface area contributed by atoms with Crippen molar-refractivity contribution >= 4 is 86.8 Å². The average Bonchev–Trinajstić information content (AvgIpc) is 3.08. The number of hydrogen-bond acceptors (Lipinski definition) is 7. The molecule has 4 rings (SSSR count). The topological polar surface area (TPSA) is 92.6 Å². The number of carbonyl (C=O) groups is 2. The number of rotatable bonds is 6. The van der Waals surface area contributed by atoms with E-state index in [4.69, 9.17) is 35.4 Å². The number of thioether (sulfide) groups is 1. The van der Waals surface area contributed by atoms with Crippen molar-refractivity contribution in [3.8, 4) is 0 Å². The van der Waals surface area contributed by atoms with E-state index in [1.54, 1.807) is 54.6 Å². The van der Waals surface area contributed by atoms with Gasteiger partial charge in [0.1, 0.15) is 0 Å². The summed E-state index contributed by atoms with van der Waals surface area (Å²) < 4.78 is 0.118. The molecule has 1 heterocycles. The maximum Gasteiger partial charge on any atom is 0.285 e. The monoisotopic (exact) mass is 575 g/mol. The number of nitrogens with one attached hydrogen (secondary N) is 1. The van der Waals surface area contributed by atoms with Crippen LogP contribution in [-0.2, 0) is 4.79 Å². The maximum absolute atomic E-state index is 12.9. The molecule has 1 N–H and O–H groups in total. The largest absolute Gasteiger partial charge is 0.285 e. The Labute approximate surface area is 230 Å². The average molecular weight is 577 g/mol. The quantitative estimate of drug-likeness (QED) is 0.148. The highest BCUT2D eigenvalue weighted by Gasteiger charge is 2.34. The van der Waals surface area contributed by atoms with Gasteiger partial charge in [-0.05, 0) is 78.8 Å². The summed E-state index contributed by atoms with van der Waals surface area (Å²) >= 11 is 19.5. The molecule has 0 radical (unpaired) electrons. The molecule has 7 nitrogen and oxygen atoms in total. The van der Waals surface area contributed by atoms with Crippen molar-refractivity contribution in [3.05, 3.63) is 102 Å². The number of hydrogen-bond donors (Lipinski definition) is 1. The van der Waals surface area contributed by atoms with Gasteiger partial charge in [-0.15, -0.1) is 0 Å². The highest BCUT2D eigenvalue weighted by Crippen LogP contribution is 2.37. The van der Waals surface area contributed by atoms with Gasteiger partial charge in [-0.25, -0.2) is 0 Å². The Kier molecular flexibility index (Phi) is 8.01. The maximum atomic E-state index is 12.9. The van der Waals surface area contributed by atoms with E-state index in [-0.39, 0.29) is 25.5 Å². The van der Waals surface area contributed by atoms with Crippen molar-refractivity contribution in [2.75, 3.05) is 0 Å². The van der Waals surface area contributed by atoms with E-state index in [1.807, 2.05) is 6.92 Å². The second-order valence-electron chi connectivity index (χ2n) is 7.48. The first-order valence-corrected chi connectivity index (χ1v) is 13.0. The zero-order valence-corrected chi connectivity index (χ0v) is 22.3. The van der Waals surface area contributed by atoms with E-state index in [1.165, 1.54) is 23.9 Å². The first-order chi connectivity index (χ1) is 17.1. The molecule has 0 unspecified atom stereocenters. The second-order valence-corrected chi connectivity index (χ2v) is 11.1. The number of thiocarbonyl (C=S) groups is 1. The summed E-state index contributed by atoms with van der Waals surface area (Å²) in [5.41, 5.74) is 3.89. The standard InChI is InChI=1S/C24H15Cl2N3O4S3/c1-13-2-8-17(18(26)10-13)22(30)27-28-23(31)21(36-24(28)34)12-14-3-9-20(19(11-14)29(32)33)35-16-6-4-15(25)5-7-16/h2-12H,1H3,(H,27,30). The molecule has 1 aliphatic heterocycles. The normalized spacial score (nSPS) is 14.4. The lowest BCUT2D eigenvalue weighted by molar-refractivity contribution is -0.387. The van der Waals surface area contributed by atoms with Crippen molar-refractivity contribution in [2.24, 2.45) is 0 Å². The number of halogens is 2. The Morgan fingerprint density at radius 3 is 2.53 bits per heavy atom. The number of nitrogens with zero attached hydrogens (tertiary/aromatic N) is 2.